The van der Waals surface area contributed by atoms with E-state index < -0.39 is 0 Å². The summed E-state index contributed by atoms with van der Waals surface area (Å²) in [4.78, 5) is 45.1. The van der Waals surface area contributed by atoms with E-state index in [1.165, 1.54) is 11.3 Å². The van der Waals surface area contributed by atoms with Gasteiger partial charge in [0.1, 0.15) is 18.5 Å². The van der Waals surface area contributed by atoms with Crippen molar-refractivity contribution in [2.45, 2.75) is 50.4 Å². The minimum absolute atomic E-state index is 0.0531. The maximum absolute atomic E-state index is 13.4. The molecule has 2 N–H and O–H groups in total. The summed E-state index contributed by atoms with van der Waals surface area (Å²) in [6.45, 7) is 0.814. The number of hydrogen-bond acceptors (Lipinski definition) is 7. The van der Waals surface area contributed by atoms with Crippen LogP contribution in [0.4, 0.5) is 5.69 Å². The highest BCUT2D eigenvalue weighted by molar-refractivity contribution is 7.10. The van der Waals surface area contributed by atoms with Crippen molar-refractivity contribution in [2.75, 3.05) is 25.5 Å². The molecule has 3 aromatic rings. The van der Waals surface area contributed by atoms with E-state index in [1.807, 2.05) is 29.6 Å². The minimum atomic E-state index is -0.347. The molecule has 0 aliphatic carbocycles. The Bertz CT molecular complexity index is 1300. The molecule has 4 heterocycles. The SMILES string of the molecule is CN1C(=O)c2cc(NC(=O)Cc3cccs3)ccc2OC[C@H]2O[C@H](CC(=O)NCCc3ccncc3)CC[C@@H]21. The van der Waals surface area contributed by atoms with E-state index in [2.05, 4.69) is 15.6 Å². The number of ether oxygens (including phenoxy) is 2. The molecule has 9 nitrogen and oxygen atoms in total. The second kappa shape index (κ2) is 12.4. The molecular weight excluding hydrogens is 516 g/mol. The summed E-state index contributed by atoms with van der Waals surface area (Å²) in [6, 6.07) is 12.6. The zero-order chi connectivity index (χ0) is 27.2. The topological polar surface area (TPSA) is 110 Å². The fourth-order valence-electron chi connectivity index (χ4n) is 5.06. The van der Waals surface area contributed by atoms with Crippen LogP contribution in [0.2, 0.25) is 0 Å². The summed E-state index contributed by atoms with van der Waals surface area (Å²) in [5.41, 5.74) is 2.07. The first-order valence-corrected chi connectivity index (χ1v) is 14.0. The van der Waals surface area contributed by atoms with Crippen molar-refractivity contribution in [3.63, 3.8) is 0 Å². The summed E-state index contributed by atoms with van der Waals surface area (Å²) >= 11 is 1.53. The molecule has 1 saturated heterocycles. The summed E-state index contributed by atoms with van der Waals surface area (Å²) < 4.78 is 12.3. The Kier molecular flexibility index (Phi) is 8.53. The average Bonchev–Trinajstić information content (AvgIpc) is 3.44. The zero-order valence-electron chi connectivity index (χ0n) is 21.8. The lowest BCUT2D eigenvalue weighted by Gasteiger charge is -2.42. The van der Waals surface area contributed by atoms with E-state index in [4.69, 9.17) is 9.47 Å². The Morgan fingerprint density at radius 2 is 1.97 bits per heavy atom. The molecule has 0 bridgehead atoms. The number of carbonyl (C=O) groups excluding carboxylic acids is 3. The fraction of sp³-hybridized carbons (Fsp3) is 0.379. The number of benzene rings is 1. The fourth-order valence-corrected chi connectivity index (χ4v) is 5.76. The normalized spacial score (nSPS) is 20.6. The maximum Gasteiger partial charge on any atom is 0.257 e. The van der Waals surface area contributed by atoms with Crippen LogP contribution in [-0.2, 0) is 27.2 Å². The molecule has 2 aromatic heterocycles. The molecule has 0 radical (unpaired) electrons. The minimum Gasteiger partial charge on any atom is -0.490 e. The van der Waals surface area contributed by atoms with Gasteiger partial charge in [-0.3, -0.25) is 19.4 Å². The Morgan fingerprint density at radius 3 is 2.77 bits per heavy atom. The van der Waals surface area contributed by atoms with Crippen LogP contribution in [0, 0.1) is 0 Å². The molecule has 0 saturated carbocycles. The van der Waals surface area contributed by atoms with Crippen LogP contribution in [-0.4, -0.2) is 66.1 Å². The molecule has 2 aliphatic heterocycles. The number of amides is 3. The van der Waals surface area contributed by atoms with Crippen LogP contribution in [0.25, 0.3) is 0 Å². The van der Waals surface area contributed by atoms with Crippen LogP contribution in [0.15, 0.2) is 60.2 Å². The molecule has 5 rings (SSSR count). The highest BCUT2D eigenvalue weighted by Gasteiger charge is 2.39. The molecule has 3 atom stereocenters. The number of aromatic nitrogens is 1. The second-order valence-corrected chi connectivity index (χ2v) is 10.9. The van der Waals surface area contributed by atoms with E-state index in [0.29, 0.717) is 36.4 Å². The van der Waals surface area contributed by atoms with Gasteiger partial charge in [0.15, 0.2) is 0 Å². The van der Waals surface area contributed by atoms with Gasteiger partial charge < -0.3 is 25.0 Å². The molecule has 1 fully saturated rings. The first kappa shape index (κ1) is 26.8. The smallest absolute Gasteiger partial charge is 0.257 e. The Labute approximate surface area is 231 Å². The van der Waals surface area contributed by atoms with Gasteiger partial charge in [0.25, 0.3) is 5.91 Å². The third kappa shape index (κ3) is 6.82. The molecule has 204 valence electrons. The van der Waals surface area contributed by atoms with Crippen molar-refractivity contribution in [2.24, 2.45) is 0 Å². The quantitative estimate of drug-likeness (QED) is 0.446. The van der Waals surface area contributed by atoms with Crippen LogP contribution in [0.1, 0.15) is 40.1 Å². The number of pyridine rings is 1. The van der Waals surface area contributed by atoms with E-state index in [1.54, 1.807) is 42.5 Å². The van der Waals surface area contributed by atoms with E-state index in [-0.39, 0.29) is 55.4 Å². The summed E-state index contributed by atoms with van der Waals surface area (Å²) in [6.07, 6.45) is 5.56. The van der Waals surface area contributed by atoms with Crippen LogP contribution >= 0.6 is 11.3 Å². The van der Waals surface area contributed by atoms with E-state index in [9.17, 15) is 14.4 Å². The van der Waals surface area contributed by atoms with Crippen LogP contribution < -0.4 is 15.4 Å². The lowest BCUT2D eigenvalue weighted by atomic mass is 9.94. The van der Waals surface area contributed by atoms with Crippen LogP contribution in [0.3, 0.4) is 0 Å². The van der Waals surface area contributed by atoms with Crippen molar-refractivity contribution in [3.05, 3.63) is 76.2 Å². The van der Waals surface area contributed by atoms with Crippen molar-refractivity contribution in [3.8, 4) is 5.75 Å². The van der Waals surface area contributed by atoms with Crippen molar-refractivity contribution < 1.29 is 23.9 Å². The molecule has 0 spiro atoms. The monoisotopic (exact) mass is 548 g/mol. The zero-order valence-corrected chi connectivity index (χ0v) is 22.6. The van der Waals surface area contributed by atoms with Gasteiger partial charge in [-0.25, -0.2) is 0 Å². The highest BCUT2D eigenvalue weighted by atomic mass is 32.1. The molecule has 2 aliphatic rings. The van der Waals surface area contributed by atoms with Gasteiger partial charge in [0.2, 0.25) is 11.8 Å². The standard InChI is InChI=1S/C29H32N4O5S/c1-33-24-6-5-21(16-27(34)31-13-10-19-8-11-30-12-9-19)38-26(24)18-37-25-7-4-20(15-23(25)29(33)36)32-28(35)17-22-3-2-14-39-22/h2-4,7-9,11-12,14-15,21,24,26H,5-6,10,13,16-18H2,1H3,(H,31,34)(H,32,35)/t21-,24-,26+/m0/s1. The summed E-state index contributed by atoms with van der Waals surface area (Å²) in [5, 5.41) is 7.78. The summed E-state index contributed by atoms with van der Waals surface area (Å²) in [7, 11) is 1.77. The van der Waals surface area contributed by atoms with Crippen molar-refractivity contribution in [1.29, 1.82) is 0 Å². The number of nitrogens with zero attached hydrogens (tertiary/aromatic N) is 2. The first-order valence-electron chi connectivity index (χ1n) is 13.1. The van der Waals surface area contributed by atoms with E-state index in [0.717, 1.165) is 16.9 Å². The number of hydrogen-bond donors (Lipinski definition) is 2. The molecule has 39 heavy (non-hydrogen) atoms. The number of anilines is 1. The maximum atomic E-state index is 13.4. The Morgan fingerprint density at radius 1 is 1.13 bits per heavy atom. The number of thiophene rings is 1. The van der Waals surface area contributed by atoms with Crippen molar-refractivity contribution >= 4 is 34.7 Å². The van der Waals surface area contributed by atoms with Gasteiger partial charge in [0, 0.05) is 36.6 Å². The lowest BCUT2D eigenvalue weighted by Crippen LogP contribution is -2.54. The van der Waals surface area contributed by atoms with Gasteiger partial charge in [-0.05, 0) is 66.6 Å². The molecule has 10 heteroatoms. The van der Waals surface area contributed by atoms with Gasteiger partial charge in [-0.15, -0.1) is 11.3 Å². The number of nitrogens with one attached hydrogen (secondary N) is 2. The predicted molar refractivity (Wildman–Crippen MR) is 148 cm³/mol. The summed E-state index contributed by atoms with van der Waals surface area (Å²) in [5.74, 6) is 0.0620. The third-order valence-corrected chi connectivity index (χ3v) is 7.98. The third-order valence-electron chi connectivity index (χ3n) is 7.11. The largest absolute Gasteiger partial charge is 0.490 e. The Balaban J connectivity index is 1.17. The average molecular weight is 549 g/mol. The number of likely N-dealkylation sites (N-methyl/N-ethyl adjacent to an activating group) is 1. The van der Waals surface area contributed by atoms with Gasteiger partial charge in [-0.1, -0.05) is 6.07 Å². The molecule has 1 aromatic carbocycles. The highest BCUT2D eigenvalue weighted by Crippen LogP contribution is 2.32. The Hall–Kier alpha value is -3.76. The number of rotatable bonds is 8. The second-order valence-electron chi connectivity index (χ2n) is 9.84. The van der Waals surface area contributed by atoms with E-state index >= 15 is 0 Å². The number of carbonyl (C=O) groups is 3. The molecule has 0 unspecified atom stereocenters. The van der Waals surface area contributed by atoms with Crippen molar-refractivity contribution in [1.82, 2.24) is 15.2 Å². The van der Waals surface area contributed by atoms with Crippen LogP contribution in [0.5, 0.6) is 5.75 Å². The van der Waals surface area contributed by atoms with Gasteiger partial charge in [0.05, 0.1) is 30.6 Å². The number of fused-ring (bicyclic) bond motifs is 2. The van der Waals surface area contributed by atoms with Gasteiger partial charge >= 0.3 is 0 Å². The van der Waals surface area contributed by atoms with Gasteiger partial charge in [-0.2, -0.15) is 0 Å². The predicted octanol–water partition coefficient (Wildman–Crippen LogP) is 3.45. The molecular formula is C29H32N4O5S. The lowest BCUT2D eigenvalue weighted by molar-refractivity contribution is -0.134. The molecule has 3 amide bonds. The first-order chi connectivity index (χ1) is 19.0.